The van der Waals surface area contributed by atoms with E-state index in [0.29, 0.717) is 0 Å². The maximum atomic E-state index is 6.08. The van der Waals surface area contributed by atoms with Crippen LogP contribution in [0.2, 0.25) is 5.02 Å². The first-order valence-corrected chi connectivity index (χ1v) is 9.50. The number of anilines is 1. The summed E-state index contributed by atoms with van der Waals surface area (Å²) >= 11 is 5.98. The Labute approximate surface area is 162 Å². The van der Waals surface area contributed by atoms with Crippen molar-refractivity contribution in [1.29, 1.82) is 0 Å². The lowest BCUT2D eigenvalue weighted by atomic mass is 10.2. The van der Waals surface area contributed by atoms with Crippen molar-refractivity contribution in [1.82, 2.24) is 14.9 Å². The zero-order chi connectivity index (χ0) is 18.2. The number of rotatable bonds is 3. The highest BCUT2D eigenvalue weighted by atomic mass is 35.5. The summed E-state index contributed by atoms with van der Waals surface area (Å²) in [5.74, 6) is 0.891. The number of hydrogen-bond acceptors (Lipinski definition) is 5. The number of piperazine rings is 1. The third-order valence-electron chi connectivity index (χ3n) is 5.13. The van der Waals surface area contributed by atoms with Crippen LogP contribution in [-0.2, 0) is 6.54 Å². The Kier molecular flexibility index (Phi) is 4.19. The molecule has 1 aliphatic rings. The van der Waals surface area contributed by atoms with Crippen LogP contribution < -0.4 is 4.90 Å². The second-order valence-corrected chi connectivity index (χ2v) is 7.30. The van der Waals surface area contributed by atoms with Crippen molar-refractivity contribution in [2.24, 2.45) is 0 Å². The van der Waals surface area contributed by atoms with Gasteiger partial charge < -0.3 is 9.32 Å². The van der Waals surface area contributed by atoms with E-state index in [2.05, 4.69) is 31.9 Å². The van der Waals surface area contributed by atoms with E-state index in [1.54, 1.807) is 6.33 Å². The molecule has 0 bridgehead atoms. The van der Waals surface area contributed by atoms with E-state index in [1.165, 1.54) is 5.56 Å². The number of benzene rings is 2. The van der Waals surface area contributed by atoms with Crippen molar-refractivity contribution >= 4 is 39.5 Å². The molecule has 2 aromatic heterocycles. The number of hydrogen-bond donors (Lipinski definition) is 0. The van der Waals surface area contributed by atoms with Crippen LogP contribution in [0.25, 0.3) is 22.1 Å². The third-order valence-corrected chi connectivity index (χ3v) is 5.38. The number of fused-ring (bicyclic) bond motifs is 3. The molecule has 2 aromatic carbocycles. The molecule has 27 heavy (non-hydrogen) atoms. The molecule has 0 unspecified atom stereocenters. The van der Waals surface area contributed by atoms with E-state index in [-0.39, 0.29) is 0 Å². The van der Waals surface area contributed by atoms with Gasteiger partial charge in [0.2, 0.25) is 0 Å². The smallest absolute Gasteiger partial charge is 0.196 e. The van der Waals surface area contributed by atoms with Gasteiger partial charge in [-0.25, -0.2) is 9.97 Å². The van der Waals surface area contributed by atoms with Crippen molar-refractivity contribution < 1.29 is 4.42 Å². The molecule has 1 aliphatic heterocycles. The molecule has 0 saturated carbocycles. The first kappa shape index (κ1) is 16.5. The predicted octanol–water partition coefficient (Wildman–Crippen LogP) is 4.35. The molecule has 6 heteroatoms. The van der Waals surface area contributed by atoms with Gasteiger partial charge in [-0.3, -0.25) is 4.90 Å². The van der Waals surface area contributed by atoms with Crippen molar-refractivity contribution in [3.8, 4) is 0 Å². The molecule has 4 aromatic rings. The Bertz CT molecular complexity index is 1080. The van der Waals surface area contributed by atoms with Crippen molar-refractivity contribution in [3.05, 3.63) is 65.4 Å². The first-order chi connectivity index (χ1) is 13.3. The van der Waals surface area contributed by atoms with Crippen molar-refractivity contribution in [3.63, 3.8) is 0 Å². The lowest BCUT2D eigenvalue weighted by molar-refractivity contribution is 0.249. The summed E-state index contributed by atoms with van der Waals surface area (Å²) in [7, 11) is 0. The predicted molar refractivity (Wildman–Crippen MR) is 108 cm³/mol. The molecule has 1 fully saturated rings. The van der Waals surface area contributed by atoms with Gasteiger partial charge in [-0.2, -0.15) is 0 Å². The van der Waals surface area contributed by atoms with Crippen LogP contribution in [0.15, 0.2) is 59.3 Å². The van der Waals surface area contributed by atoms with E-state index in [0.717, 1.165) is 65.6 Å². The largest absolute Gasteiger partial charge is 0.450 e. The molecule has 5 rings (SSSR count). The molecular weight excluding hydrogens is 360 g/mol. The number of halogens is 1. The van der Waals surface area contributed by atoms with Gasteiger partial charge in [0.1, 0.15) is 17.4 Å². The maximum absolute atomic E-state index is 6.08. The molecule has 0 aliphatic carbocycles. The van der Waals surface area contributed by atoms with E-state index in [1.807, 2.05) is 36.4 Å². The highest BCUT2D eigenvalue weighted by Crippen LogP contribution is 2.32. The van der Waals surface area contributed by atoms with E-state index >= 15 is 0 Å². The van der Waals surface area contributed by atoms with Gasteiger partial charge in [-0.05, 0) is 29.8 Å². The van der Waals surface area contributed by atoms with Crippen LogP contribution >= 0.6 is 11.6 Å². The Balaban J connectivity index is 1.35. The molecule has 5 nitrogen and oxygen atoms in total. The number of nitrogens with zero attached hydrogens (tertiary/aromatic N) is 4. The normalized spacial score (nSPS) is 15.7. The lowest BCUT2D eigenvalue weighted by Crippen LogP contribution is -2.46. The highest BCUT2D eigenvalue weighted by Gasteiger charge is 2.22. The van der Waals surface area contributed by atoms with Crippen molar-refractivity contribution in [2.75, 3.05) is 31.1 Å². The molecule has 3 heterocycles. The van der Waals surface area contributed by atoms with Gasteiger partial charge in [0.15, 0.2) is 11.4 Å². The van der Waals surface area contributed by atoms with E-state index in [4.69, 9.17) is 16.0 Å². The molecule has 1 saturated heterocycles. The molecule has 0 N–H and O–H groups in total. The first-order valence-electron chi connectivity index (χ1n) is 9.12. The van der Waals surface area contributed by atoms with E-state index < -0.39 is 0 Å². The molecule has 0 amide bonds. The summed E-state index contributed by atoms with van der Waals surface area (Å²) in [5, 5.41) is 1.82. The van der Waals surface area contributed by atoms with Crippen LogP contribution in [-0.4, -0.2) is 41.0 Å². The summed E-state index contributed by atoms with van der Waals surface area (Å²) in [6, 6.07) is 16.1. The maximum Gasteiger partial charge on any atom is 0.196 e. The Hall–Kier alpha value is -2.63. The van der Waals surface area contributed by atoms with Gasteiger partial charge in [-0.15, -0.1) is 0 Å². The number of aromatic nitrogens is 2. The fraction of sp³-hybridized carbons (Fsp3) is 0.238. The SMILES string of the molecule is Clc1ccc(CN2CCN(c3ncnc4c3oc3ccccc34)CC2)cc1. The highest BCUT2D eigenvalue weighted by molar-refractivity contribution is 6.30. The number of para-hydroxylation sites is 1. The Morgan fingerprint density at radius 3 is 2.52 bits per heavy atom. The van der Waals surface area contributed by atoms with Gasteiger partial charge >= 0.3 is 0 Å². The Morgan fingerprint density at radius 2 is 1.70 bits per heavy atom. The van der Waals surface area contributed by atoms with Crippen LogP contribution in [0.4, 0.5) is 5.82 Å². The van der Waals surface area contributed by atoms with Gasteiger partial charge in [0, 0.05) is 43.1 Å². The topological polar surface area (TPSA) is 45.4 Å². The quantitative estimate of drug-likeness (QED) is 0.530. The zero-order valence-electron chi connectivity index (χ0n) is 14.8. The summed E-state index contributed by atoms with van der Waals surface area (Å²) < 4.78 is 6.08. The third kappa shape index (κ3) is 3.13. The van der Waals surface area contributed by atoms with Crippen molar-refractivity contribution in [2.45, 2.75) is 6.54 Å². The summed E-state index contributed by atoms with van der Waals surface area (Å²) in [6.07, 6.45) is 1.64. The molecular formula is C21H19ClN4O. The Morgan fingerprint density at radius 1 is 0.926 bits per heavy atom. The summed E-state index contributed by atoms with van der Waals surface area (Å²) in [4.78, 5) is 13.7. The van der Waals surface area contributed by atoms with Crippen LogP contribution in [0.5, 0.6) is 0 Å². The molecule has 0 radical (unpaired) electrons. The standard InChI is InChI=1S/C21H19ClN4O/c22-16-7-5-15(6-8-16)13-25-9-11-26(12-10-25)21-20-19(23-14-24-21)17-3-1-2-4-18(17)27-20/h1-8,14H,9-13H2. The fourth-order valence-corrected chi connectivity index (χ4v) is 3.83. The minimum absolute atomic E-state index is 0.780. The monoisotopic (exact) mass is 378 g/mol. The zero-order valence-corrected chi connectivity index (χ0v) is 15.6. The number of furan rings is 1. The lowest BCUT2D eigenvalue weighted by Gasteiger charge is -2.35. The average molecular weight is 379 g/mol. The summed E-state index contributed by atoms with van der Waals surface area (Å²) in [5.41, 5.74) is 3.81. The minimum Gasteiger partial charge on any atom is -0.450 e. The van der Waals surface area contributed by atoms with E-state index in [9.17, 15) is 0 Å². The fourth-order valence-electron chi connectivity index (χ4n) is 3.70. The molecule has 136 valence electrons. The van der Waals surface area contributed by atoms with Gasteiger partial charge in [-0.1, -0.05) is 35.9 Å². The van der Waals surface area contributed by atoms with Crippen LogP contribution in [0.3, 0.4) is 0 Å². The second kappa shape index (κ2) is 6.83. The van der Waals surface area contributed by atoms with Crippen LogP contribution in [0.1, 0.15) is 5.56 Å². The summed E-state index contributed by atoms with van der Waals surface area (Å²) in [6.45, 7) is 4.73. The molecule has 0 atom stereocenters. The van der Waals surface area contributed by atoms with Crippen LogP contribution in [0, 0.1) is 0 Å². The second-order valence-electron chi connectivity index (χ2n) is 6.86. The average Bonchev–Trinajstić information content (AvgIpc) is 3.09. The van der Waals surface area contributed by atoms with Gasteiger partial charge in [0.25, 0.3) is 0 Å². The van der Waals surface area contributed by atoms with Gasteiger partial charge in [0.05, 0.1) is 0 Å². The minimum atomic E-state index is 0.780. The molecule has 0 spiro atoms.